The van der Waals surface area contributed by atoms with E-state index in [-0.39, 0.29) is 12.5 Å². The maximum absolute atomic E-state index is 12.0. The molecule has 0 bridgehead atoms. The number of ether oxygens (including phenoxy) is 1. The van der Waals surface area contributed by atoms with Crippen LogP contribution >= 0.6 is 0 Å². The number of anilines is 1. The molecule has 1 heterocycles. The largest absolute Gasteiger partial charge is 0.383 e. The molecular formula is C11H17N5O2. The van der Waals surface area contributed by atoms with E-state index < -0.39 is 0 Å². The SMILES string of the molecule is COCCN(CCC#N)C(=O)Cn1ccc(N)n1. The molecule has 0 unspecified atom stereocenters. The molecule has 0 saturated heterocycles. The third kappa shape index (κ3) is 4.43. The second-order valence-corrected chi connectivity index (χ2v) is 3.72. The summed E-state index contributed by atoms with van der Waals surface area (Å²) < 4.78 is 6.41. The van der Waals surface area contributed by atoms with E-state index in [2.05, 4.69) is 5.10 Å². The molecule has 0 spiro atoms. The van der Waals surface area contributed by atoms with E-state index in [4.69, 9.17) is 15.7 Å². The zero-order valence-electron chi connectivity index (χ0n) is 10.4. The highest BCUT2D eigenvalue weighted by molar-refractivity contribution is 5.76. The quantitative estimate of drug-likeness (QED) is 0.727. The Morgan fingerprint density at radius 2 is 2.44 bits per heavy atom. The fourth-order valence-corrected chi connectivity index (χ4v) is 1.45. The van der Waals surface area contributed by atoms with Crippen LogP contribution in [0.1, 0.15) is 6.42 Å². The summed E-state index contributed by atoms with van der Waals surface area (Å²) in [5.74, 6) is 0.272. The maximum Gasteiger partial charge on any atom is 0.244 e. The molecule has 18 heavy (non-hydrogen) atoms. The number of amides is 1. The van der Waals surface area contributed by atoms with Gasteiger partial charge in [-0.2, -0.15) is 10.4 Å². The molecule has 0 fully saturated rings. The van der Waals surface area contributed by atoms with Gasteiger partial charge in [0.2, 0.25) is 5.91 Å². The monoisotopic (exact) mass is 251 g/mol. The van der Waals surface area contributed by atoms with Gasteiger partial charge in [-0.15, -0.1) is 0 Å². The molecule has 0 aliphatic heterocycles. The number of aromatic nitrogens is 2. The van der Waals surface area contributed by atoms with Crippen molar-refractivity contribution in [3.63, 3.8) is 0 Å². The summed E-state index contributed by atoms with van der Waals surface area (Å²) in [5.41, 5.74) is 5.47. The molecule has 1 rings (SSSR count). The summed E-state index contributed by atoms with van der Waals surface area (Å²) in [4.78, 5) is 13.6. The van der Waals surface area contributed by atoms with Crippen molar-refractivity contribution < 1.29 is 9.53 Å². The van der Waals surface area contributed by atoms with Crippen LogP contribution in [-0.2, 0) is 16.1 Å². The predicted octanol–water partition coefficient (Wildman–Crippen LogP) is -0.146. The Labute approximate surface area is 106 Å². The van der Waals surface area contributed by atoms with Crippen LogP contribution in [0.15, 0.2) is 12.3 Å². The third-order valence-electron chi connectivity index (χ3n) is 2.37. The summed E-state index contributed by atoms with van der Waals surface area (Å²) in [6.07, 6.45) is 1.95. The van der Waals surface area contributed by atoms with Gasteiger partial charge in [-0.1, -0.05) is 0 Å². The van der Waals surface area contributed by atoms with Gasteiger partial charge in [0, 0.05) is 26.4 Å². The first-order chi connectivity index (χ1) is 8.67. The number of methoxy groups -OCH3 is 1. The van der Waals surface area contributed by atoms with E-state index in [1.807, 2.05) is 6.07 Å². The van der Waals surface area contributed by atoms with Crippen molar-refractivity contribution in [2.24, 2.45) is 0 Å². The number of rotatable bonds is 7. The summed E-state index contributed by atoms with van der Waals surface area (Å²) in [6.45, 7) is 1.42. The topological polar surface area (TPSA) is 97.2 Å². The van der Waals surface area contributed by atoms with Gasteiger partial charge in [-0.25, -0.2) is 0 Å². The Hall–Kier alpha value is -2.07. The average Bonchev–Trinajstić information content (AvgIpc) is 2.75. The zero-order valence-corrected chi connectivity index (χ0v) is 10.4. The van der Waals surface area contributed by atoms with Crippen molar-refractivity contribution in [1.29, 1.82) is 5.26 Å². The first-order valence-corrected chi connectivity index (χ1v) is 5.60. The second-order valence-electron chi connectivity index (χ2n) is 3.72. The van der Waals surface area contributed by atoms with Crippen molar-refractivity contribution in [2.75, 3.05) is 32.5 Å². The van der Waals surface area contributed by atoms with Crippen LogP contribution < -0.4 is 5.73 Å². The van der Waals surface area contributed by atoms with Crippen LogP contribution in [0.25, 0.3) is 0 Å². The van der Waals surface area contributed by atoms with Crippen molar-refractivity contribution in [2.45, 2.75) is 13.0 Å². The first kappa shape index (κ1) is 14.0. The van der Waals surface area contributed by atoms with Gasteiger partial charge >= 0.3 is 0 Å². The number of nitriles is 1. The van der Waals surface area contributed by atoms with Gasteiger partial charge < -0.3 is 15.4 Å². The molecule has 1 aromatic rings. The van der Waals surface area contributed by atoms with Crippen LogP contribution in [0.3, 0.4) is 0 Å². The summed E-state index contributed by atoms with van der Waals surface area (Å²) in [6, 6.07) is 3.65. The summed E-state index contributed by atoms with van der Waals surface area (Å²) >= 11 is 0. The number of hydrogen-bond donors (Lipinski definition) is 1. The van der Waals surface area contributed by atoms with Crippen molar-refractivity contribution >= 4 is 11.7 Å². The molecule has 7 nitrogen and oxygen atoms in total. The molecule has 0 aliphatic rings. The highest BCUT2D eigenvalue weighted by Gasteiger charge is 2.13. The molecule has 1 amide bonds. The fourth-order valence-electron chi connectivity index (χ4n) is 1.45. The molecule has 1 aromatic heterocycles. The summed E-state index contributed by atoms with van der Waals surface area (Å²) in [5, 5.41) is 12.5. The van der Waals surface area contributed by atoms with Gasteiger partial charge in [0.15, 0.2) is 0 Å². The summed E-state index contributed by atoms with van der Waals surface area (Å²) in [7, 11) is 1.57. The number of hydrogen-bond acceptors (Lipinski definition) is 5. The minimum atomic E-state index is -0.106. The van der Waals surface area contributed by atoms with E-state index in [1.165, 1.54) is 4.68 Å². The van der Waals surface area contributed by atoms with Crippen LogP contribution in [0.4, 0.5) is 5.82 Å². The van der Waals surface area contributed by atoms with Crippen molar-refractivity contribution in [3.8, 4) is 6.07 Å². The molecular weight excluding hydrogens is 234 g/mol. The Morgan fingerprint density at radius 1 is 1.67 bits per heavy atom. The minimum Gasteiger partial charge on any atom is -0.383 e. The average molecular weight is 251 g/mol. The van der Waals surface area contributed by atoms with Gasteiger partial charge in [0.25, 0.3) is 0 Å². The van der Waals surface area contributed by atoms with Gasteiger partial charge in [0.05, 0.1) is 19.1 Å². The predicted molar refractivity (Wildman–Crippen MR) is 65.3 cm³/mol. The minimum absolute atomic E-state index is 0.106. The smallest absolute Gasteiger partial charge is 0.244 e. The maximum atomic E-state index is 12.0. The Kier molecular flexibility index (Phi) is 5.67. The lowest BCUT2D eigenvalue weighted by Crippen LogP contribution is -2.37. The second kappa shape index (κ2) is 7.29. The van der Waals surface area contributed by atoms with E-state index in [0.29, 0.717) is 31.9 Å². The van der Waals surface area contributed by atoms with E-state index >= 15 is 0 Å². The van der Waals surface area contributed by atoms with Crippen LogP contribution in [0.2, 0.25) is 0 Å². The highest BCUT2D eigenvalue weighted by Crippen LogP contribution is 1.99. The van der Waals surface area contributed by atoms with Crippen LogP contribution in [0.5, 0.6) is 0 Å². The van der Waals surface area contributed by atoms with Crippen LogP contribution in [-0.4, -0.2) is 47.4 Å². The lowest BCUT2D eigenvalue weighted by atomic mass is 10.3. The van der Waals surface area contributed by atoms with Crippen LogP contribution in [0, 0.1) is 11.3 Å². The molecule has 0 atom stereocenters. The van der Waals surface area contributed by atoms with Gasteiger partial charge in [0.1, 0.15) is 12.4 Å². The zero-order chi connectivity index (χ0) is 13.4. The Bertz CT molecular complexity index is 423. The van der Waals surface area contributed by atoms with E-state index in [0.717, 1.165) is 0 Å². The lowest BCUT2D eigenvalue weighted by Gasteiger charge is -2.21. The molecule has 0 radical (unpaired) electrons. The number of carbonyl (C=O) groups excluding carboxylic acids is 1. The molecule has 0 aliphatic carbocycles. The third-order valence-corrected chi connectivity index (χ3v) is 2.37. The lowest BCUT2D eigenvalue weighted by molar-refractivity contribution is -0.132. The molecule has 98 valence electrons. The molecule has 0 saturated carbocycles. The Balaban J connectivity index is 2.55. The number of nitrogens with zero attached hydrogens (tertiary/aromatic N) is 4. The van der Waals surface area contributed by atoms with Gasteiger partial charge in [-0.05, 0) is 6.07 Å². The highest BCUT2D eigenvalue weighted by atomic mass is 16.5. The first-order valence-electron chi connectivity index (χ1n) is 5.60. The number of nitrogen functional groups attached to an aromatic ring is 1. The van der Waals surface area contributed by atoms with E-state index in [9.17, 15) is 4.79 Å². The normalized spacial score (nSPS) is 10.0. The van der Waals surface area contributed by atoms with Gasteiger partial charge in [-0.3, -0.25) is 9.48 Å². The van der Waals surface area contributed by atoms with Crippen molar-refractivity contribution in [3.05, 3.63) is 12.3 Å². The van der Waals surface area contributed by atoms with E-state index in [1.54, 1.807) is 24.3 Å². The Morgan fingerprint density at radius 3 is 3.00 bits per heavy atom. The fraction of sp³-hybridized carbons (Fsp3) is 0.545. The number of nitrogens with two attached hydrogens (primary N) is 1. The molecule has 7 heteroatoms. The van der Waals surface area contributed by atoms with Crippen molar-refractivity contribution in [1.82, 2.24) is 14.7 Å². The molecule has 0 aromatic carbocycles. The standard InChI is InChI=1S/C11H17N5O2/c1-18-8-7-15(5-2-4-12)11(17)9-16-6-3-10(13)14-16/h3,6H,2,5,7-9H2,1H3,(H2,13,14). The number of carbonyl (C=O) groups is 1. The molecule has 2 N–H and O–H groups in total.